The van der Waals surface area contributed by atoms with Gasteiger partial charge < -0.3 is 5.32 Å². The zero-order valence-corrected chi connectivity index (χ0v) is 14.2. The number of aryl methyl sites for hydroxylation is 1. The maximum absolute atomic E-state index is 12.3. The third kappa shape index (κ3) is 4.33. The molecule has 2 rings (SSSR count). The zero-order valence-electron chi connectivity index (χ0n) is 13.4. The van der Waals surface area contributed by atoms with Crippen LogP contribution in [-0.4, -0.2) is 27.1 Å². The van der Waals surface area contributed by atoms with Gasteiger partial charge in [-0.1, -0.05) is 24.3 Å². The SMILES string of the molecule is Cc1ccccc1N(CC(=O)Nc1cccc(C#N)c1)S(C)(=O)=O. The van der Waals surface area contributed by atoms with Crippen molar-refractivity contribution in [3.63, 3.8) is 0 Å². The third-order valence-corrected chi connectivity index (χ3v) is 4.47. The van der Waals surface area contributed by atoms with Gasteiger partial charge in [-0.15, -0.1) is 0 Å². The second-order valence-electron chi connectivity index (χ2n) is 5.30. The molecule has 1 amide bonds. The average molecular weight is 343 g/mol. The van der Waals surface area contributed by atoms with Crippen LogP contribution in [0.15, 0.2) is 48.5 Å². The summed E-state index contributed by atoms with van der Waals surface area (Å²) in [6, 6.07) is 15.3. The molecule has 6 nitrogen and oxygen atoms in total. The Bertz CT molecular complexity index is 901. The third-order valence-electron chi connectivity index (χ3n) is 3.35. The summed E-state index contributed by atoms with van der Waals surface area (Å²) in [6.45, 7) is 1.43. The molecule has 0 bridgehead atoms. The second-order valence-corrected chi connectivity index (χ2v) is 7.20. The molecule has 0 saturated heterocycles. The Morgan fingerprint density at radius 1 is 1.21 bits per heavy atom. The van der Waals surface area contributed by atoms with E-state index in [1.165, 1.54) is 6.07 Å². The lowest BCUT2D eigenvalue weighted by molar-refractivity contribution is -0.114. The highest BCUT2D eigenvalue weighted by Gasteiger charge is 2.22. The molecule has 0 fully saturated rings. The molecule has 124 valence electrons. The molecule has 0 heterocycles. The van der Waals surface area contributed by atoms with Crippen molar-refractivity contribution in [2.45, 2.75) is 6.92 Å². The minimum Gasteiger partial charge on any atom is -0.324 e. The number of amides is 1. The number of sulfonamides is 1. The predicted molar refractivity (Wildman–Crippen MR) is 93.2 cm³/mol. The van der Waals surface area contributed by atoms with Gasteiger partial charge in [0.05, 0.1) is 23.6 Å². The first-order chi connectivity index (χ1) is 11.3. The molecule has 1 N–H and O–H groups in total. The molecule has 0 spiro atoms. The first-order valence-electron chi connectivity index (χ1n) is 7.14. The van der Waals surface area contributed by atoms with E-state index in [2.05, 4.69) is 5.32 Å². The minimum atomic E-state index is -3.62. The van der Waals surface area contributed by atoms with Crippen molar-refractivity contribution < 1.29 is 13.2 Å². The molecule has 0 saturated carbocycles. The predicted octanol–water partition coefficient (Wildman–Crippen LogP) is 2.27. The number of hydrogen-bond acceptors (Lipinski definition) is 4. The van der Waals surface area contributed by atoms with Crippen molar-refractivity contribution in [2.24, 2.45) is 0 Å². The molecule has 0 aliphatic heterocycles. The summed E-state index contributed by atoms with van der Waals surface area (Å²) in [5.41, 5.74) is 2.06. The average Bonchev–Trinajstić information content (AvgIpc) is 2.52. The lowest BCUT2D eigenvalue weighted by Crippen LogP contribution is -2.37. The first-order valence-corrected chi connectivity index (χ1v) is 8.99. The van der Waals surface area contributed by atoms with E-state index in [0.29, 0.717) is 16.9 Å². The van der Waals surface area contributed by atoms with Crippen LogP contribution in [0.3, 0.4) is 0 Å². The van der Waals surface area contributed by atoms with Crippen molar-refractivity contribution in [3.05, 3.63) is 59.7 Å². The number of benzene rings is 2. The van der Waals surface area contributed by atoms with Crippen molar-refractivity contribution in [2.75, 3.05) is 22.4 Å². The lowest BCUT2D eigenvalue weighted by atomic mass is 10.2. The van der Waals surface area contributed by atoms with Crippen LogP contribution in [0.5, 0.6) is 0 Å². The van der Waals surface area contributed by atoms with Gasteiger partial charge >= 0.3 is 0 Å². The van der Waals surface area contributed by atoms with E-state index < -0.39 is 15.9 Å². The van der Waals surface area contributed by atoms with Gasteiger partial charge in [0.2, 0.25) is 15.9 Å². The highest BCUT2D eigenvalue weighted by atomic mass is 32.2. The van der Waals surface area contributed by atoms with E-state index in [0.717, 1.165) is 16.1 Å². The number of hydrogen-bond donors (Lipinski definition) is 1. The number of anilines is 2. The summed E-state index contributed by atoms with van der Waals surface area (Å²) in [5.74, 6) is -0.487. The van der Waals surface area contributed by atoms with E-state index in [1.807, 2.05) is 6.07 Å². The number of rotatable bonds is 5. The van der Waals surface area contributed by atoms with Crippen LogP contribution < -0.4 is 9.62 Å². The molecule has 0 radical (unpaired) electrons. The normalized spacial score (nSPS) is 10.7. The van der Waals surface area contributed by atoms with E-state index in [-0.39, 0.29) is 6.54 Å². The number of carbonyl (C=O) groups excluding carboxylic acids is 1. The van der Waals surface area contributed by atoms with Crippen LogP contribution in [0.25, 0.3) is 0 Å². The van der Waals surface area contributed by atoms with E-state index >= 15 is 0 Å². The van der Waals surface area contributed by atoms with Crippen LogP contribution in [-0.2, 0) is 14.8 Å². The van der Waals surface area contributed by atoms with E-state index in [4.69, 9.17) is 5.26 Å². The highest BCUT2D eigenvalue weighted by molar-refractivity contribution is 7.92. The minimum absolute atomic E-state index is 0.347. The molecule has 0 unspecified atom stereocenters. The second kappa shape index (κ2) is 7.15. The Balaban J connectivity index is 2.23. The fourth-order valence-electron chi connectivity index (χ4n) is 2.22. The standard InChI is InChI=1S/C17H17N3O3S/c1-13-6-3-4-9-16(13)20(24(2,22)23)12-17(21)19-15-8-5-7-14(10-15)11-18/h3-10H,12H2,1-2H3,(H,19,21). The van der Waals surface area contributed by atoms with Crippen LogP contribution in [0.2, 0.25) is 0 Å². The maximum Gasteiger partial charge on any atom is 0.245 e. The van der Waals surface area contributed by atoms with Crippen molar-refractivity contribution in [3.8, 4) is 6.07 Å². The summed E-state index contributed by atoms with van der Waals surface area (Å²) < 4.78 is 25.2. The topological polar surface area (TPSA) is 90.3 Å². The molecule has 24 heavy (non-hydrogen) atoms. The number of para-hydroxylation sites is 1. The number of carbonyl (C=O) groups is 1. The largest absolute Gasteiger partial charge is 0.324 e. The van der Waals surface area contributed by atoms with Crippen LogP contribution in [0, 0.1) is 18.3 Å². The van der Waals surface area contributed by atoms with Crippen LogP contribution in [0.4, 0.5) is 11.4 Å². The summed E-state index contributed by atoms with van der Waals surface area (Å²) in [7, 11) is -3.62. The van der Waals surface area contributed by atoms with Gasteiger partial charge in [-0.25, -0.2) is 8.42 Å². The van der Waals surface area contributed by atoms with Gasteiger partial charge in [0.1, 0.15) is 6.54 Å². The van der Waals surface area contributed by atoms with Gasteiger partial charge in [0.15, 0.2) is 0 Å². The maximum atomic E-state index is 12.3. The van der Waals surface area contributed by atoms with Gasteiger partial charge in [0.25, 0.3) is 0 Å². The monoisotopic (exact) mass is 343 g/mol. The fourth-order valence-corrected chi connectivity index (χ4v) is 3.14. The molecule has 0 aliphatic rings. The first kappa shape index (κ1) is 17.5. The molecule has 0 aliphatic carbocycles. The Morgan fingerprint density at radius 2 is 1.92 bits per heavy atom. The fraction of sp³-hybridized carbons (Fsp3) is 0.176. The molecule has 7 heteroatoms. The molecule has 2 aromatic rings. The van der Waals surface area contributed by atoms with Crippen LogP contribution in [0.1, 0.15) is 11.1 Å². The van der Waals surface area contributed by atoms with E-state index in [1.54, 1.807) is 49.4 Å². The molecular weight excluding hydrogens is 326 g/mol. The molecular formula is C17H17N3O3S. The van der Waals surface area contributed by atoms with Gasteiger partial charge in [-0.3, -0.25) is 9.10 Å². The summed E-state index contributed by atoms with van der Waals surface area (Å²) in [6.07, 6.45) is 1.06. The van der Waals surface area contributed by atoms with E-state index in [9.17, 15) is 13.2 Å². The van der Waals surface area contributed by atoms with Crippen molar-refractivity contribution in [1.82, 2.24) is 0 Å². The molecule has 0 atom stereocenters. The summed E-state index contributed by atoms with van der Waals surface area (Å²) >= 11 is 0. The van der Waals surface area contributed by atoms with Gasteiger partial charge in [-0.05, 0) is 36.8 Å². The van der Waals surface area contributed by atoms with Gasteiger partial charge in [0, 0.05) is 5.69 Å². The Kier molecular flexibility index (Phi) is 5.21. The van der Waals surface area contributed by atoms with Crippen molar-refractivity contribution >= 4 is 27.3 Å². The number of nitrogens with zero attached hydrogens (tertiary/aromatic N) is 2. The Morgan fingerprint density at radius 3 is 2.54 bits per heavy atom. The highest BCUT2D eigenvalue weighted by Crippen LogP contribution is 2.22. The zero-order chi connectivity index (χ0) is 17.7. The smallest absolute Gasteiger partial charge is 0.245 e. The van der Waals surface area contributed by atoms with Crippen molar-refractivity contribution in [1.29, 1.82) is 5.26 Å². The number of nitriles is 1. The summed E-state index contributed by atoms with van der Waals surface area (Å²) in [4.78, 5) is 12.3. The Labute approximate surface area is 141 Å². The number of nitrogens with one attached hydrogen (secondary N) is 1. The molecule has 0 aromatic heterocycles. The quantitative estimate of drug-likeness (QED) is 0.902. The van der Waals surface area contributed by atoms with Crippen LogP contribution >= 0.6 is 0 Å². The van der Waals surface area contributed by atoms with Gasteiger partial charge in [-0.2, -0.15) is 5.26 Å². The lowest BCUT2D eigenvalue weighted by Gasteiger charge is -2.23. The molecule has 2 aromatic carbocycles. The Hall–Kier alpha value is -2.85. The summed E-state index contributed by atoms with van der Waals surface area (Å²) in [5, 5.41) is 11.5.